The molecular weight excluding hydrogens is 332 g/mol. The average molecular weight is 342 g/mol. The molecule has 19 heavy (non-hydrogen) atoms. The Kier molecular flexibility index (Phi) is 4.07. The Hall–Kier alpha value is -1.59. The molecule has 0 unspecified atom stereocenters. The third-order valence-electron chi connectivity index (χ3n) is 2.51. The van der Waals surface area contributed by atoms with Crippen LogP contribution in [0.1, 0.15) is 16.1 Å². The van der Waals surface area contributed by atoms with Crippen molar-refractivity contribution in [2.45, 2.75) is 6.92 Å². The van der Waals surface area contributed by atoms with Gasteiger partial charge in [0.2, 0.25) is 0 Å². The normalized spacial score (nSPS) is 10.3. The van der Waals surface area contributed by atoms with Crippen LogP contribution in [0.2, 0.25) is 5.02 Å². The Bertz CT molecular complexity index is 647. The van der Waals surface area contributed by atoms with Crippen LogP contribution in [0.25, 0.3) is 0 Å². The van der Waals surface area contributed by atoms with Crippen molar-refractivity contribution >= 4 is 45.0 Å². The van der Waals surface area contributed by atoms with Crippen LogP contribution in [0.4, 0.5) is 11.5 Å². The van der Waals surface area contributed by atoms with Crippen molar-refractivity contribution in [2.75, 3.05) is 5.32 Å². The number of hydrogen-bond donors (Lipinski definition) is 2. The van der Waals surface area contributed by atoms with Crippen molar-refractivity contribution in [1.82, 2.24) is 4.98 Å². The zero-order chi connectivity index (χ0) is 14.0. The number of aromatic carboxylic acids is 1. The maximum Gasteiger partial charge on any atom is 0.337 e. The van der Waals surface area contributed by atoms with Crippen molar-refractivity contribution in [3.8, 4) is 0 Å². The third kappa shape index (κ3) is 3.24. The molecule has 0 amide bonds. The molecule has 1 aromatic heterocycles. The highest BCUT2D eigenvalue weighted by Gasteiger charge is 2.09. The molecule has 0 aliphatic rings. The average Bonchev–Trinajstić information content (AvgIpc) is 2.33. The Labute approximate surface area is 123 Å². The first-order valence-corrected chi connectivity index (χ1v) is 6.57. The van der Waals surface area contributed by atoms with Gasteiger partial charge in [0, 0.05) is 10.2 Å². The number of nitrogens with zero attached hydrogens (tertiary/aromatic N) is 1. The van der Waals surface area contributed by atoms with Crippen LogP contribution in [0, 0.1) is 6.92 Å². The van der Waals surface area contributed by atoms with E-state index in [-0.39, 0.29) is 5.56 Å². The molecule has 0 saturated carbocycles. The van der Waals surface area contributed by atoms with Gasteiger partial charge in [-0.3, -0.25) is 0 Å². The van der Waals surface area contributed by atoms with Gasteiger partial charge in [-0.2, -0.15) is 0 Å². The fourth-order valence-corrected chi connectivity index (χ4v) is 2.01. The number of aromatic nitrogens is 1. The minimum atomic E-state index is -0.983. The fourth-order valence-electron chi connectivity index (χ4n) is 1.58. The number of carboxylic acid groups (broad SMARTS) is 1. The molecule has 0 aliphatic carbocycles. The molecule has 2 N–H and O–H groups in total. The largest absolute Gasteiger partial charge is 0.478 e. The second-order valence-corrected chi connectivity index (χ2v) is 5.15. The van der Waals surface area contributed by atoms with Gasteiger partial charge in [0.25, 0.3) is 0 Å². The summed E-state index contributed by atoms with van der Waals surface area (Å²) in [5.41, 5.74) is 1.43. The number of benzene rings is 1. The second kappa shape index (κ2) is 5.59. The molecule has 4 nitrogen and oxygen atoms in total. The summed E-state index contributed by atoms with van der Waals surface area (Å²) >= 11 is 9.30. The standard InChI is InChI=1S/C13H10BrClN2O2/c1-7-9(13(18)19)3-5-12(16-7)17-8-2-4-10(14)11(15)6-8/h2-6H,1H3,(H,16,17)(H,18,19). The van der Waals surface area contributed by atoms with Gasteiger partial charge in [-0.05, 0) is 53.2 Å². The Morgan fingerprint density at radius 3 is 2.68 bits per heavy atom. The first-order valence-electron chi connectivity index (χ1n) is 5.40. The first-order chi connectivity index (χ1) is 8.97. The molecule has 98 valence electrons. The molecule has 0 aliphatic heterocycles. The summed E-state index contributed by atoms with van der Waals surface area (Å²) in [6.45, 7) is 1.66. The van der Waals surface area contributed by atoms with Crippen LogP contribution in [0.5, 0.6) is 0 Å². The van der Waals surface area contributed by atoms with Gasteiger partial charge in [-0.25, -0.2) is 9.78 Å². The first kappa shape index (κ1) is 13.8. The van der Waals surface area contributed by atoms with E-state index in [0.717, 1.165) is 10.2 Å². The quantitative estimate of drug-likeness (QED) is 0.876. The van der Waals surface area contributed by atoms with Crippen LogP contribution in [0.3, 0.4) is 0 Å². The van der Waals surface area contributed by atoms with Crippen molar-refractivity contribution in [3.63, 3.8) is 0 Å². The highest BCUT2D eigenvalue weighted by Crippen LogP contribution is 2.27. The van der Waals surface area contributed by atoms with Gasteiger partial charge in [0.05, 0.1) is 16.3 Å². The van der Waals surface area contributed by atoms with E-state index in [0.29, 0.717) is 16.5 Å². The fraction of sp³-hybridized carbons (Fsp3) is 0.0769. The molecule has 0 bridgehead atoms. The molecule has 0 fully saturated rings. The summed E-state index contributed by atoms with van der Waals surface area (Å²) in [5.74, 6) is -0.413. The summed E-state index contributed by atoms with van der Waals surface area (Å²) in [7, 11) is 0. The lowest BCUT2D eigenvalue weighted by Gasteiger charge is -2.08. The van der Waals surface area contributed by atoms with Crippen molar-refractivity contribution in [1.29, 1.82) is 0 Å². The van der Waals surface area contributed by atoms with Crippen LogP contribution >= 0.6 is 27.5 Å². The van der Waals surface area contributed by atoms with Gasteiger partial charge in [-0.1, -0.05) is 11.6 Å². The molecule has 0 radical (unpaired) electrons. The zero-order valence-electron chi connectivity index (χ0n) is 9.95. The number of rotatable bonds is 3. The van der Waals surface area contributed by atoms with Gasteiger partial charge in [0.15, 0.2) is 0 Å². The number of hydrogen-bond acceptors (Lipinski definition) is 3. The number of carbonyl (C=O) groups is 1. The van der Waals surface area contributed by atoms with E-state index >= 15 is 0 Å². The summed E-state index contributed by atoms with van der Waals surface area (Å²) in [5, 5.41) is 12.6. The van der Waals surface area contributed by atoms with E-state index < -0.39 is 5.97 Å². The SMILES string of the molecule is Cc1nc(Nc2ccc(Br)c(Cl)c2)ccc1C(=O)O. The van der Waals surface area contributed by atoms with Crippen molar-refractivity contribution < 1.29 is 9.90 Å². The monoisotopic (exact) mass is 340 g/mol. The van der Waals surface area contributed by atoms with E-state index in [9.17, 15) is 4.79 Å². The highest BCUT2D eigenvalue weighted by atomic mass is 79.9. The molecule has 1 heterocycles. The minimum Gasteiger partial charge on any atom is -0.478 e. The zero-order valence-corrected chi connectivity index (χ0v) is 12.3. The Morgan fingerprint density at radius 1 is 1.37 bits per heavy atom. The molecule has 2 rings (SSSR count). The van der Waals surface area contributed by atoms with Crippen LogP contribution in [-0.2, 0) is 0 Å². The van der Waals surface area contributed by atoms with Gasteiger partial charge < -0.3 is 10.4 Å². The van der Waals surface area contributed by atoms with E-state index in [4.69, 9.17) is 16.7 Å². The molecule has 1 aromatic carbocycles. The number of pyridine rings is 1. The number of aryl methyl sites for hydroxylation is 1. The van der Waals surface area contributed by atoms with E-state index in [1.54, 1.807) is 19.1 Å². The number of anilines is 2. The molecule has 0 saturated heterocycles. The van der Waals surface area contributed by atoms with Crippen molar-refractivity contribution in [3.05, 3.63) is 51.1 Å². The summed E-state index contributed by atoms with van der Waals surface area (Å²) in [6, 6.07) is 8.56. The number of halogens is 2. The number of carboxylic acids is 1. The molecule has 0 atom stereocenters. The van der Waals surface area contributed by atoms with Crippen LogP contribution in [0.15, 0.2) is 34.8 Å². The van der Waals surface area contributed by atoms with Crippen LogP contribution in [-0.4, -0.2) is 16.1 Å². The molecular formula is C13H10BrClN2O2. The summed E-state index contributed by atoms with van der Waals surface area (Å²) in [4.78, 5) is 15.1. The van der Waals surface area contributed by atoms with Gasteiger partial charge in [-0.15, -0.1) is 0 Å². The topological polar surface area (TPSA) is 62.2 Å². The Morgan fingerprint density at radius 2 is 2.11 bits per heavy atom. The summed E-state index contributed by atoms with van der Waals surface area (Å²) in [6.07, 6.45) is 0. The lowest BCUT2D eigenvalue weighted by molar-refractivity contribution is 0.0695. The predicted octanol–water partition coefficient (Wildman–Crippen LogP) is 4.25. The number of nitrogens with one attached hydrogen (secondary N) is 1. The third-order valence-corrected chi connectivity index (χ3v) is 3.74. The maximum atomic E-state index is 10.9. The van der Waals surface area contributed by atoms with E-state index in [1.807, 2.05) is 12.1 Å². The smallest absolute Gasteiger partial charge is 0.337 e. The molecule has 6 heteroatoms. The summed E-state index contributed by atoms with van der Waals surface area (Å²) < 4.78 is 0.810. The van der Waals surface area contributed by atoms with Gasteiger partial charge in [0.1, 0.15) is 5.82 Å². The van der Waals surface area contributed by atoms with Gasteiger partial charge >= 0.3 is 5.97 Å². The maximum absolute atomic E-state index is 10.9. The minimum absolute atomic E-state index is 0.194. The molecule has 0 spiro atoms. The highest BCUT2D eigenvalue weighted by molar-refractivity contribution is 9.10. The second-order valence-electron chi connectivity index (χ2n) is 3.89. The van der Waals surface area contributed by atoms with E-state index in [1.165, 1.54) is 6.07 Å². The van der Waals surface area contributed by atoms with E-state index in [2.05, 4.69) is 26.2 Å². The predicted molar refractivity (Wildman–Crippen MR) is 78.4 cm³/mol. The van der Waals surface area contributed by atoms with Crippen LogP contribution < -0.4 is 5.32 Å². The lowest BCUT2D eigenvalue weighted by atomic mass is 10.2. The Balaban J connectivity index is 2.26. The van der Waals surface area contributed by atoms with Crippen molar-refractivity contribution in [2.24, 2.45) is 0 Å². The lowest BCUT2D eigenvalue weighted by Crippen LogP contribution is -2.03. The molecule has 2 aromatic rings.